The first kappa shape index (κ1) is 33.8. The predicted molar refractivity (Wildman–Crippen MR) is 177 cm³/mol. The zero-order valence-corrected chi connectivity index (χ0v) is 26.9. The quantitative estimate of drug-likeness (QED) is 0.0314. The van der Waals surface area contributed by atoms with Crippen molar-refractivity contribution in [3.05, 3.63) is 102 Å². The zero-order valence-electron chi connectivity index (χ0n) is 24.5. The van der Waals surface area contributed by atoms with Crippen molar-refractivity contribution < 1.29 is 27.6 Å². The van der Waals surface area contributed by atoms with Crippen LogP contribution in [0.4, 0.5) is 44.4 Å². The number of nitrogens with zero attached hydrogens (tertiary/aromatic N) is 7. The highest BCUT2D eigenvalue weighted by atomic mass is 32.2. The molecule has 0 saturated carbocycles. The van der Waals surface area contributed by atoms with Crippen LogP contribution in [0.15, 0.2) is 115 Å². The average molecular weight is 700 g/mol. The molecular formula is C30H21N9O6S3. The number of benzene rings is 3. The molecule has 0 aliphatic heterocycles. The maximum Gasteiger partial charge on any atom is 0.294 e. The predicted octanol–water partition coefficient (Wildman–Crippen LogP) is 9.19. The molecule has 0 bridgehead atoms. The van der Waals surface area contributed by atoms with Crippen LogP contribution in [-0.4, -0.2) is 23.2 Å². The van der Waals surface area contributed by atoms with Gasteiger partial charge < -0.3 is 10.6 Å². The molecule has 0 unspecified atom stereocenters. The number of nitriles is 2. The summed E-state index contributed by atoms with van der Waals surface area (Å²) in [6.45, 7) is 1.71. The van der Waals surface area contributed by atoms with Gasteiger partial charge in [-0.3, -0.25) is 4.55 Å². The first-order valence-corrected chi connectivity index (χ1v) is 16.4. The summed E-state index contributed by atoms with van der Waals surface area (Å²) in [6.07, 6.45) is 0. The molecule has 4 N–H and O–H groups in total. The maximum absolute atomic E-state index is 11.7. The van der Waals surface area contributed by atoms with Gasteiger partial charge in [0.05, 0.1) is 33.8 Å². The second-order valence-electron chi connectivity index (χ2n) is 9.43. The van der Waals surface area contributed by atoms with Crippen LogP contribution in [0.5, 0.6) is 0 Å². The van der Waals surface area contributed by atoms with Crippen LogP contribution >= 0.6 is 23.4 Å². The Balaban J connectivity index is 1.51. The Kier molecular flexibility index (Phi) is 10.8. The van der Waals surface area contributed by atoms with Gasteiger partial charge in [0.1, 0.15) is 22.8 Å². The number of aromatic nitrogens is 1. The van der Waals surface area contributed by atoms with Gasteiger partial charge >= 0.3 is 0 Å². The lowest BCUT2D eigenvalue weighted by atomic mass is 10.1. The van der Waals surface area contributed by atoms with Gasteiger partial charge in [0.2, 0.25) is 0 Å². The van der Waals surface area contributed by atoms with E-state index >= 15 is 0 Å². The third-order valence-electron chi connectivity index (χ3n) is 6.25. The van der Waals surface area contributed by atoms with E-state index in [2.05, 4.69) is 51.5 Å². The summed E-state index contributed by atoms with van der Waals surface area (Å²) >= 11 is 1.42. The van der Waals surface area contributed by atoms with Crippen molar-refractivity contribution in [2.24, 2.45) is 20.5 Å². The van der Waals surface area contributed by atoms with Gasteiger partial charge in [-0.25, -0.2) is 10.2 Å². The van der Waals surface area contributed by atoms with E-state index in [1.54, 1.807) is 6.92 Å². The summed E-state index contributed by atoms with van der Waals surface area (Å²) in [5, 5.41) is 55.4. The van der Waals surface area contributed by atoms with E-state index in [0.717, 1.165) is 29.2 Å². The van der Waals surface area contributed by atoms with Crippen LogP contribution in [-0.2, 0) is 19.5 Å². The topological polar surface area (TPSA) is 227 Å². The van der Waals surface area contributed by atoms with Gasteiger partial charge in [-0.15, -0.1) is 24.8 Å². The zero-order chi connectivity index (χ0) is 34.1. The highest BCUT2D eigenvalue weighted by Crippen LogP contribution is 2.41. The van der Waals surface area contributed by atoms with Crippen molar-refractivity contribution >= 4 is 77.9 Å². The molecule has 0 aliphatic rings. The fraction of sp³-hybridized carbons (Fsp3) is 0.0333. The number of hydrogen-bond acceptors (Lipinski definition) is 16. The molecule has 0 radical (unpaired) electrons. The fourth-order valence-corrected chi connectivity index (χ4v) is 5.91. The Bertz CT molecular complexity index is 2200. The molecule has 5 aromatic rings. The minimum atomic E-state index is -4.62. The number of anilines is 4. The van der Waals surface area contributed by atoms with E-state index in [1.165, 1.54) is 12.1 Å². The molecule has 2 aromatic heterocycles. The summed E-state index contributed by atoms with van der Waals surface area (Å²) in [5.41, 5.74) is 2.54. The Labute approximate surface area is 281 Å². The Morgan fingerprint density at radius 2 is 1.54 bits per heavy atom. The first-order valence-electron chi connectivity index (χ1n) is 13.4. The summed E-state index contributed by atoms with van der Waals surface area (Å²) < 4.78 is 37.3. The number of para-hydroxylation sites is 2. The van der Waals surface area contributed by atoms with Crippen LogP contribution < -0.4 is 10.6 Å². The molecule has 0 amide bonds. The van der Waals surface area contributed by atoms with Crippen LogP contribution in [0.1, 0.15) is 16.7 Å². The van der Waals surface area contributed by atoms with E-state index < -0.39 is 15.0 Å². The molecule has 0 fully saturated rings. The summed E-state index contributed by atoms with van der Waals surface area (Å²) in [4.78, 5) is 4.28. The molecule has 2 heterocycles. The van der Waals surface area contributed by atoms with E-state index in [4.69, 9.17) is 5.26 Å². The van der Waals surface area contributed by atoms with E-state index in [0.29, 0.717) is 34.9 Å². The van der Waals surface area contributed by atoms with Gasteiger partial charge in [-0.2, -0.15) is 18.9 Å². The Hall–Kier alpha value is -5.57. The average Bonchev–Trinajstić information content (AvgIpc) is 3.49. The summed E-state index contributed by atoms with van der Waals surface area (Å²) in [5.74, 6) is 0.614. The fourth-order valence-electron chi connectivity index (χ4n) is 4.09. The van der Waals surface area contributed by atoms with Crippen molar-refractivity contribution in [1.82, 2.24) is 4.98 Å². The van der Waals surface area contributed by atoms with Crippen molar-refractivity contribution in [2.75, 3.05) is 10.6 Å². The van der Waals surface area contributed by atoms with Crippen LogP contribution in [0.3, 0.4) is 0 Å². The van der Waals surface area contributed by atoms with Crippen molar-refractivity contribution in [3.63, 3.8) is 0 Å². The van der Waals surface area contributed by atoms with Crippen LogP contribution in [0.2, 0.25) is 0 Å². The lowest BCUT2D eigenvalue weighted by Crippen LogP contribution is -2.04. The van der Waals surface area contributed by atoms with Crippen LogP contribution in [0.25, 0.3) is 0 Å². The SMILES string of the molecule is Cc1c(C#N)c(Nc2ccccc2)nc(Nc2ccccc2)c1N=Nc1sc(N=Nc2cc(SOOO)cc(S(=O)(=O)O)c2)cc1C#N. The lowest BCUT2D eigenvalue weighted by Gasteiger charge is -2.15. The lowest BCUT2D eigenvalue weighted by molar-refractivity contribution is -0.432. The third kappa shape index (κ3) is 8.41. The molecule has 0 atom stereocenters. The minimum absolute atomic E-state index is 0.00388. The molecule has 18 heteroatoms. The molecule has 0 spiro atoms. The largest absolute Gasteiger partial charge is 0.339 e. The maximum atomic E-state index is 11.7. The van der Waals surface area contributed by atoms with Crippen molar-refractivity contribution in [1.29, 1.82) is 10.5 Å². The summed E-state index contributed by atoms with van der Waals surface area (Å²) in [6, 6.07) is 27.6. The second-order valence-corrected chi connectivity index (χ2v) is 12.6. The molecule has 5 rings (SSSR count). The van der Waals surface area contributed by atoms with Gasteiger partial charge in [-0.05, 0) is 55.5 Å². The normalized spacial score (nSPS) is 11.4. The molecule has 0 saturated heterocycles. The number of hydrogen-bond donors (Lipinski definition) is 4. The van der Waals surface area contributed by atoms with E-state index in [-0.39, 0.29) is 37.4 Å². The Morgan fingerprint density at radius 1 is 0.875 bits per heavy atom. The molecule has 0 aliphatic carbocycles. The number of thiophene rings is 1. The van der Waals surface area contributed by atoms with Gasteiger partial charge in [0, 0.05) is 21.8 Å². The minimum Gasteiger partial charge on any atom is -0.339 e. The van der Waals surface area contributed by atoms with Gasteiger partial charge in [-0.1, -0.05) is 52.8 Å². The highest BCUT2D eigenvalue weighted by molar-refractivity contribution is 7.94. The molecular weight excluding hydrogens is 679 g/mol. The third-order valence-corrected chi connectivity index (χ3v) is 8.54. The van der Waals surface area contributed by atoms with Gasteiger partial charge in [0.15, 0.2) is 16.6 Å². The first-order chi connectivity index (χ1) is 23.2. The Morgan fingerprint density at radius 3 is 2.15 bits per heavy atom. The number of nitrogens with one attached hydrogen (secondary N) is 2. The van der Waals surface area contributed by atoms with Crippen molar-refractivity contribution in [3.8, 4) is 12.1 Å². The monoisotopic (exact) mass is 699 g/mol. The van der Waals surface area contributed by atoms with Gasteiger partial charge in [0.25, 0.3) is 10.1 Å². The standard InChI is InChI=1S/C30H21N9O6S3/c1-18-25(17-32)28(33-20-8-4-2-5-9-20)35-29(34-21-10-6-3-7-11-21)27(18)38-39-30-19(16-31)12-26(46-30)37-36-22-13-23(47-45-44-40)15-24(14-22)48(41,42)43/h2-15,40H,1H3,(H2,33,34,35)(H,41,42,43). The number of azo groups is 2. The smallest absolute Gasteiger partial charge is 0.294 e. The molecule has 48 heavy (non-hydrogen) atoms. The van der Waals surface area contributed by atoms with E-state index in [1.807, 2.05) is 66.7 Å². The van der Waals surface area contributed by atoms with E-state index in [9.17, 15) is 23.5 Å². The molecule has 240 valence electrons. The second kappa shape index (κ2) is 15.3. The molecule has 3 aromatic carbocycles. The van der Waals surface area contributed by atoms with Crippen molar-refractivity contribution in [2.45, 2.75) is 16.7 Å². The number of pyridine rings is 1. The van der Waals surface area contributed by atoms with Crippen LogP contribution in [0, 0.1) is 29.6 Å². The molecule has 15 nitrogen and oxygen atoms in total. The summed E-state index contributed by atoms with van der Waals surface area (Å²) in [7, 11) is -4.62. The highest BCUT2D eigenvalue weighted by Gasteiger charge is 2.19. The number of rotatable bonds is 12.